The van der Waals surface area contributed by atoms with Gasteiger partial charge in [-0.1, -0.05) is 30.9 Å². The Morgan fingerprint density at radius 1 is 1.47 bits per heavy atom. The van der Waals surface area contributed by atoms with Crippen molar-refractivity contribution in [3.8, 4) is 0 Å². The molecule has 0 radical (unpaired) electrons. The summed E-state index contributed by atoms with van der Waals surface area (Å²) < 4.78 is 4.79. The highest BCUT2D eigenvalue weighted by Gasteiger charge is 2.20. The molecule has 5 heteroatoms. The number of carbonyl (C=O) groups is 1. The molecule has 0 aromatic heterocycles. The Bertz CT molecular complexity index is 362. The summed E-state index contributed by atoms with van der Waals surface area (Å²) in [7, 11) is -1.68. The number of benzene rings is 1. The lowest BCUT2D eigenvalue weighted by atomic mass is 9.77. The zero-order chi connectivity index (χ0) is 11.3. The number of hydrogen-bond donors (Lipinski definition) is 2. The molecule has 1 aromatic carbocycles. The van der Waals surface area contributed by atoms with Crippen molar-refractivity contribution in [3.05, 3.63) is 42.5 Å². The van der Waals surface area contributed by atoms with Gasteiger partial charge in [0.2, 0.25) is 0 Å². The Kier molecular flexibility index (Phi) is 4.09. The molecule has 1 aromatic rings. The van der Waals surface area contributed by atoms with E-state index in [1.54, 1.807) is 12.1 Å². The first kappa shape index (κ1) is 11.5. The molecule has 1 rings (SSSR count). The predicted molar refractivity (Wildman–Crippen MR) is 56.7 cm³/mol. The molecule has 4 nitrogen and oxygen atoms in total. The van der Waals surface area contributed by atoms with E-state index in [1.807, 2.05) is 0 Å². The monoisotopic (exact) mass is 206 g/mol. The van der Waals surface area contributed by atoms with Gasteiger partial charge in [0.05, 0.1) is 5.56 Å². The average molecular weight is 206 g/mol. The Labute approximate surface area is 88.0 Å². The van der Waals surface area contributed by atoms with Crippen LogP contribution in [0.5, 0.6) is 0 Å². The Morgan fingerprint density at radius 3 is 2.73 bits per heavy atom. The van der Waals surface area contributed by atoms with Crippen LogP contribution < -0.4 is 5.46 Å². The summed E-state index contributed by atoms with van der Waals surface area (Å²) in [6.07, 6.45) is 1.44. The van der Waals surface area contributed by atoms with Crippen molar-refractivity contribution >= 4 is 18.6 Å². The second-order valence-electron chi connectivity index (χ2n) is 2.85. The van der Waals surface area contributed by atoms with E-state index in [0.29, 0.717) is 0 Å². The van der Waals surface area contributed by atoms with Gasteiger partial charge in [0.1, 0.15) is 6.61 Å². The van der Waals surface area contributed by atoms with Gasteiger partial charge in [-0.05, 0) is 11.5 Å². The number of hydrogen-bond acceptors (Lipinski definition) is 4. The topological polar surface area (TPSA) is 66.8 Å². The smallest absolute Gasteiger partial charge is 0.458 e. The Morgan fingerprint density at radius 2 is 2.13 bits per heavy atom. The van der Waals surface area contributed by atoms with Gasteiger partial charge in [-0.2, -0.15) is 0 Å². The normalized spacial score (nSPS) is 9.47. The van der Waals surface area contributed by atoms with E-state index < -0.39 is 13.1 Å². The van der Waals surface area contributed by atoms with Crippen LogP contribution in [0, 0.1) is 0 Å². The largest absolute Gasteiger partial charge is 0.489 e. The first-order valence-corrected chi connectivity index (χ1v) is 4.40. The quantitative estimate of drug-likeness (QED) is 0.403. The number of carbonyl (C=O) groups excluding carboxylic acids is 1. The molecule has 0 bridgehead atoms. The van der Waals surface area contributed by atoms with Crippen molar-refractivity contribution < 1.29 is 19.6 Å². The van der Waals surface area contributed by atoms with E-state index in [9.17, 15) is 4.79 Å². The molecule has 0 heterocycles. The lowest BCUT2D eigenvalue weighted by molar-refractivity contribution is 0.0550. The van der Waals surface area contributed by atoms with Crippen LogP contribution in [-0.4, -0.2) is 29.7 Å². The van der Waals surface area contributed by atoms with Crippen LogP contribution in [0.25, 0.3) is 0 Å². The van der Waals surface area contributed by atoms with Gasteiger partial charge in [0, 0.05) is 0 Å². The summed E-state index contributed by atoms with van der Waals surface area (Å²) in [6.45, 7) is 3.50. The Balaban J connectivity index is 2.92. The second-order valence-corrected chi connectivity index (χ2v) is 2.85. The highest BCUT2D eigenvalue weighted by Crippen LogP contribution is 2.00. The van der Waals surface area contributed by atoms with Gasteiger partial charge < -0.3 is 14.8 Å². The fourth-order valence-electron chi connectivity index (χ4n) is 1.12. The molecule has 0 fully saturated rings. The van der Waals surface area contributed by atoms with Crippen molar-refractivity contribution in [2.24, 2.45) is 0 Å². The minimum absolute atomic E-state index is 0.0920. The van der Waals surface area contributed by atoms with Crippen molar-refractivity contribution in [1.82, 2.24) is 0 Å². The molecule has 0 aliphatic rings. The lowest BCUT2D eigenvalue weighted by Gasteiger charge is -2.07. The fourth-order valence-corrected chi connectivity index (χ4v) is 1.12. The maximum atomic E-state index is 11.4. The van der Waals surface area contributed by atoms with Crippen LogP contribution in [0.1, 0.15) is 10.4 Å². The Hall–Kier alpha value is -1.59. The molecule has 0 saturated heterocycles. The summed E-state index contributed by atoms with van der Waals surface area (Å²) in [5, 5.41) is 18.0. The van der Waals surface area contributed by atoms with E-state index in [4.69, 9.17) is 14.8 Å². The first-order chi connectivity index (χ1) is 7.16. The lowest BCUT2D eigenvalue weighted by Crippen LogP contribution is -2.35. The zero-order valence-electron chi connectivity index (χ0n) is 8.09. The molecule has 78 valence electrons. The molecule has 0 aliphatic carbocycles. The van der Waals surface area contributed by atoms with Crippen LogP contribution in [0.3, 0.4) is 0 Å². The second kappa shape index (κ2) is 5.33. The van der Waals surface area contributed by atoms with E-state index in [2.05, 4.69) is 6.58 Å². The molecule has 0 aliphatic heterocycles. The fraction of sp³-hybridized carbons (Fsp3) is 0.100. The van der Waals surface area contributed by atoms with Gasteiger partial charge in [-0.3, -0.25) is 0 Å². The summed E-state index contributed by atoms with van der Waals surface area (Å²) >= 11 is 0. The van der Waals surface area contributed by atoms with Crippen molar-refractivity contribution in [1.29, 1.82) is 0 Å². The van der Waals surface area contributed by atoms with E-state index >= 15 is 0 Å². The van der Waals surface area contributed by atoms with Gasteiger partial charge in [-0.25, -0.2) is 4.79 Å². The average Bonchev–Trinajstić information content (AvgIpc) is 2.25. The minimum Gasteiger partial charge on any atom is -0.458 e. The maximum Gasteiger partial charge on any atom is 0.489 e. The predicted octanol–water partition coefficient (Wildman–Crippen LogP) is -0.291. The van der Waals surface area contributed by atoms with Gasteiger partial charge in [-0.15, -0.1) is 0 Å². The summed E-state index contributed by atoms with van der Waals surface area (Å²) in [5.74, 6) is -0.599. The van der Waals surface area contributed by atoms with E-state index in [1.165, 1.54) is 18.2 Å². The highest BCUT2D eigenvalue weighted by atomic mass is 16.5. The van der Waals surface area contributed by atoms with Crippen molar-refractivity contribution in [2.75, 3.05) is 6.61 Å². The molecule has 0 atom stereocenters. The number of esters is 1. The van der Waals surface area contributed by atoms with Crippen LogP contribution >= 0.6 is 0 Å². The van der Waals surface area contributed by atoms with Gasteiger partial charge >= 0.3 is 13.1 Å². The molecular formula is C10H11BO4. The van der Waals surface area contributed by atoms with Crippen LogP contribution in [-0.2, 0) is 4.74 Å². The third-order valence-corrected chi connectivity index (χ3v) is 1.79. The standard InChI is InChI=1S/C10H11BO4/c1-2-7-15-10(12)8-5-3-4-6-9(8)11(13)14/h2-6,13-14H,1,7H2. The molecule has 0 spiro atoms. The number of rotatable bonds is 4. The summed E-state index contributed by atoms with van der Waals surface area (Å²) in [5.41, 5.74) is 0.279. The van der Waals surface area contributed by atoms with Crippen LogP contribution in [0.15, 0.2) is 36.9 Å². The van der Waals surface area contributed by atoms with Gasteiger partial charge in [0.25, 0.3) is 0 Å². The van der Waals surface area contributed by atoms with Crippen molar-refractivity contribution in [3.63, 3.8) is 0 Å². The van der Waals surface area contributed by atoms with E-state index in [0.717, 1.165) is 0 Å². The third kappa shape index (κ3) is 2.94. The minimum atomic E-state index is -1.68. The zero-order valence-corrected chi connectivity index (χ0v) is 8.09. The maximum absolute atomic E-state index is 11.4. The summed E-state index contributed by atoms with van der Waals surface area (Å²) in [6, 6.07) is 6.16. The van der Waals surface area contributed by atoms with E-state index in [-0.39, 0.29) is 17.6 Å². The molecular weight excluding hydrogens is 195 g/mol. The highest BCUT2D eigenvalue weighted by molar-refractivity contribution is 6.60. The van der Waals surface area contributed by atoms with Crippen LogP contribution in [0.2, 0.25) is 0 Å². The first-order valence-electron chi connectivity index (χ1n) is 4.40. The molecule has 0 amide bonds. The molecule has 15 heavy (non-hydrogen) atoms. The van der Waals surface area contributed by atoms with Gasteiger partial charge in [0.15, 0.2) is 0 Å². The van der Waals surface area contributed by atoms with Crippen molar-refractivity contribution in [2.45, 2.75) is 0 Å². The summed E-state index contributed by atoms with van der Waals surface area (Å²) in [4.78, 5) is 11.4. The SMILES string of the molecule is C=CCOC(=O)c1ccccc1B(O)O. The molecule has 2 N–H and O–H groups in total. The molecule has 0 unspecified atom stereocenters. The number of ether oxygens (including phenoxy) is 1. The molecule has 0 saturated carbocycles. The van der Waals surface area contributed by atoms with Crippen LogP contribution in [0.4, 0.5) is 0 Å². The third-order valence-electron chi connectivity index (χ3n) is 1.79.